The van der Waals surface area contributed by atoms with Gasteiger partial charge in [0.2, 0.25) is 0 Å². The Morgan fingerprint density at radius 2 is 1.39 bits per heavy atom. The van der Waals surface area contributed by atoms with Crippen molar-refractivity contribution in [2.75, 3.05) is 13.1 Å². The molecule has 0 radical (unpaired) electrons. The van der Waals surface area contributed by atoms with E-state index >= 15 is 0 Å². The van der Waals surface area contributed by atoms with E-state index in [1.54, 1.807) is 19.1 Å². The number of rotatable bonds is 2. The Labute approximate surface area is 207 Å². The molecule has 1 unspecified atom stereocenters. The number of aliphatic carboxylic acids is 1. The van der Waals surface area contributed by atoms with Gasteiger partial charge in [-0.05, 0) is 50.1 Å². The molecule has 1 saturated heterocycles. The molecule has 0 saturated carbocycles. The third kappa shape index (κ3) is 11.5. The van der Waals surface area contributed by atoms with E-state index in [1.165, 1.54) is 24.3 Å². The number of piperidine rings is 1. The molecule has 9 heteroatoms. The Bertz CT molecular complexity index is 1030. The minimum Gasteiger partial charge on any atom is -0.481 e. The van der Waals surface area contributed by atoms with Gasteiger partial charge in [0, 0.05) is 6.92 Å². The van der Waals surface area contributed by atoms with Crippen LogP contribution >= 0.6 is 0 Å². The topological polar surface area (TPSA) is 40.5 Å². The van der Waals surface area contributed by atoms with Crippen molar-refractivity contribution in [3.8, 4) is 11.8 Å². The number of hydrogen-bond acceptors (Lipinski definition) is 2. The SMILES string of the molecule is C=C(C)C#CC(c1ccccc1C(F)(F)F)N1CCCCC1.CC(=O)O.FC(F)(F)c1ccccc1. The zero-order valence-electron chi connectivity index (χ0n) is 20.1. The Hall–Kier alpha value is -3.25. The second-order valence-electron chi connectivity index (χ2n) is 8.02. The maximum Gasteiger partial charge on any atom is 0.416 e. The van der Waals surface area contributed by atoms with Crippen LogP contribution in [0.5, 0.6) is 0 Å². The van der Waals surface area contributed by atoms with Crippen molar-refractivity contribution in [1.82, 2.24) is 4.90 Å². The summed E-state index contributed by atoms with van der Waals surface area (Å²) in [6.45, 7) is 8.12. The first kappa shape index (κ1) is 30.8. The molecule has 196 valence electrons. The van der Waals surface area contributed by atoms with Crippen molar-refractivity contribution in [2.24, 2.45) is 0 Å². The van der Waals surface area contributed by atoms with Crippen molar-refractivity contribution >= 4 is 5.97 Å². The number of nitrogens with zero attached hydrogens (tertiary/aromatic N) is 1. The van der Waals surface area contributed by atoms with Gasteiger partial charge in [0.05, 0.1) is 17.2 Å². The van der Waals surface area contributed by atoms with Gasteiger partial charge in [-0.25, -0.2) is 0 Å². The molecule has 3 rings (SSSR count). The first-order valence-electron chi connectivity index (χ1n) is 11.1. The maximum atomic E-state index is 13.3. The fourth-order valence-electron chi connectivity index (χ4n) is 3.35. The number of hydrogen-bond donors (Lipinski definition) is 1. The third-order valence-electron chi connectivity index (χ3n) is 4.84. The summed E-state index contributed by atoms with van der Waals surface area (Å²) in [5, 5.41) is 7.42. The molecule has 0 bridgehead atoms. The number of allylic oxidation sites excluding steroid dienone is 1. The van der Waals surface area contributed by atoms with Crippen LogP contribution in [0.25, 0.3) is 0 Å². The van der Waals surface area contributed by atoms with E-state index in [-0.39, 0.29) is 5.56 Å². The lowest BCUT2D eigenvalue weighted by Crippen LogP contribution is -2.34. The highest BCUT2D eigenvalue weighted by Crippen LogP contribution is 2.37. The second kappa shape index (κ2) is 14.3. The van der Waals surface area contributed by atoms with Crippen LogP contribution in [-0.4, -0.2) is 29.1 Å². The number of halogens is 6. The number of carboxylic acids is 1. The molecule has 1 aliphatic heterocycles. The lowest BCUT2D eigenvalue weighted by Gasteiger charge is -2.33. The average molecular weight is 514 g/mol. The molecule has 1 fully saturated rings. The van der Waals surface area contributed by atoms with Crippen molar-refractivity contribution < 1.29 is 36.2 Å². The maximum absolute atomic E-state index is 13.3. The van der Waals surface area contributed by atoms with Gasteiger partial charge in [0.1, 0.15) is 0 Å². The van der Waals surface area contributed by atoms with Crippen molar-refractivity contribution in [3.63, 3.8) is 0 Å². The van der Waals surface area contributed by atoms with Crippen LogP contribution in [0.2, 0.25) is 0 Å². The zero-order valence-corrected chi connectivity index (χ0v) is 20.1. The van der Waals surface area contributed by atoms with Crippen LogP contribution in [0.15, 0.2) is 66.7 Å². The van der Waals surface area contributed by atoms with Gasteiger partial charge in [-0.1, -0.05) is 73.4 Å². The fourth-order valence-corrected chi connectivity index (χ4v) is 3.35. The van der Waals surface area contributed by atoms with E-state index in [9.17, 15) is 26.3 Å². The fraction of sp³-hybridized carbons (Fsp3) is 0.370. The van der Waals surface area contributed by atoms with Crippen LogP contribution in [0.1, 0.15) is 55.8 Å². The number of likely N-dealkylation sites (tertiary alicyclic amines) is 1. The largest absolute Gasteiger partial charge is 0.481 e. The number of alkyl halides is 6. The van der Waals surface area contributed by atoms with Gasteiger partial charge in [-0.15, -0.1) is 0 Å². The second-order valence-corrected chi connectivity index (χ2v) is 8.02. The summed E-state index contributed by atoms with van der Waals surface area (Å²) in [5.41, 5.74) is -0.297. The van der Waals surface area contributed by atoms with Gasteiger partial charge in [-0.2, -0.15) is 26.3 Å². The molecule has 0 aliphatic carbocycles. The summed E-state index contributed by atoms with van der Waals surface area (Å²) in [6.07, 6.45) is -5.45. The predicted octanol–water partition coefficient (Wildman–Crippen LogP) is 7.61. The minimum absolute atomic E-state index is 0.241. The summed E-state index contributed by atoms with van der Waals surface area (Å²) in [5.74, 6) is 5.03. The third-order valence-corrected chi connectivity index (χ3v) is 4.84. The van der Waals surface area contributed by atoms with Gasteiger partial charge < -0.3 is 5.11 Å². The van der Waals surface area contributed by atoms with Crippen LogP contribution in [0, 0.1) is 11.8 Å². The molecule has 1 N–H and O–H groups in total. The lowest BCUT2D eigenvalue weighted by atomic mass is 9.96. The van der Waals surface area contributed by atoms with E-state index in [4.69, 9.17) is 9.90 Å². The summed E-state index contributed by atoms with van der Waals surface area (Å²) < 4.78 is 75.2. The molecule has 1 heterocycles. The molecule has 2 aromatic rings. The van der Waals surface area contributed by atoms with E-state index in [1.807, 2.05) is 4.90 Å². The Morgan fingerprint density at radius 1 is 0.889 bits per heavy atom. The van der Waals surface area contributed by atoms with Gasteiger partial charge in [-0.3, -0.25) is 9.69 Å². The molecule has 0 spiro atoms. The standard InChI is InChI=1S/C18H20F3N.C7H5F3.C2H4O2/c1-14(2)10-11-17(22-12-6-3-7-13-22)15-8-4-5-9-16(15)18(19,20)21;8-7(9,10)6-4-2-1-3-5-6;1-2(3)4/h4-5,8-9,17H,1,3,6-7,12-13H2,2H3;1-5H;1H3,(H,3,4). The molecule has 1 atom stereocenters. The summed E-state index contributed by atoms with van der Waals surface area (Å²) in [7, 11) is 0. The zero-order chi connectivity index (χ0) is 27.4. The Morgan fingerprint density at radius 3 is 1.83 bits per heavy atom. The summed E-state index contributed by atoms with van der Waals surface area (Å²) in [4.78, 5) is 11.0. The molecule has 2 aromatic carbocycles. The van der Waals surface area contributed by atoms with Gasteiger partial charge in [0.25, 0.3) is 5.97 Å². The van der Waals surface area contributed by atoms with E-state index in [0.29, 0.717) is 5.57 Å². The molecular weight excluding hydrogens is 484 g/mol. The van der Waals surface area contributed by atoms with E-state index in [2.05, 4.69) is 18.4 Å². The first-order valence-corrected chi connectivity index (χ1v) is 11.1. The molecule has 0 aromatic heterocycles. The lowest BCUT2D eigenvalue weighted by molar-refractivity contribution is -0.139. The summed E-state index contributed by atoms with van der Waals surface area (Å²) in [6, 6.07) is 11.6. The monoisotopic (exact) mass is 513 g/mol. The highest BCUT2D eigenvalue weighted by Gasteiger charge is 2.36. The number of carbonyl (C=O) groups is 1. The number of benzene rings is 2. The average Bonchev–Trinajstić information content (AvgIpc) is 2.79. The van der Waals surface area contributed by atoms with Crippen molar-refractivity contribution in [2.45, 2.75) is 51.5 Å². The van der Waals surface area contributed by atoms with Crippen LogP contribution < -0.4 is 0 Å². The molecule has 3 nitrogen and oxygen atoms in total. The van der Waals surface area contributed by atoms with Crippen LogP contribution in [0.4, 0.5) is 26.3 Å². The first-order chi connectivity index (χ1) is 16.7. The molecule has 1 aliphatic rings. The van der Waals surface area contributed by atoms with Gasteiger partial charge >= 0.3 is 12.4 Å². The van der Waals surface area contributed by atoms with Crippen molar-refractivity contribution in [1.29, 1.82) is 0 Å². The highest BCUT2D eigenvalue weighted by molar-refractivity contribution is 5.62. The molecule has 0 amide bonds. The van der Waals surface area contributed by atoms with E-state index in [0.717, 1.165) is 57.5 Å². The highest BCUT2D eigenvalue weighted by atomic mass is 19.4. The number of carboxylic acid groups (broad SMARTS) is 1. The molecule has 36 heavy (non-hydrogen) atoms. The van der Waals surface area contributed by atoms with Crippen LogP contribution in [-0.2, 0) is 17.1 Å². The minimum atomic E-state index is -4.37. The van der Waals surface area contributed by atoms with Gasteiger partial charge in [0.15, 0.2) is 0 Å². The smallest absolute Gasteiger partial charge is 0.416 e. The Kier molecular flexibility index (Phi) is 12.3. The Balaban J connectivity index is 0.000000382. The van der Waals surface area contributed by atoms with E-state index < -0.39 is 35.5 Å². The molecular formula is C27H29F6NO2. The predicted molar refractivity (Wildman–Crippen MR) is 127 cm³/mol. The summed E-state index contributed by atoms with van der Waals surface area (Å²) >= 11 is 0. The quantitative estimate of drug-likeness (QED) is 0.332. The van der Waals surface area contributed by atoms with Crippen molar-refractivity contribution in [3.05, 3.63) is 83.4 Å². The van der Waals surface area contributed by atoms with Crippen LogP contribution in [0.3, 0.4) is 0 Å². The normalized spacial score (nSPS) is 14.6.